The summed E-state index contributed by atoms with van der Waals surface area (Å²) in [5.74, 6) is 0. The molecule has 0 spiro atoms. The molecule has 3 nitrogen and oxygen atoms in total. The van der Waals surface area contributed by atoms with Crippen LogP contribution in [0.1, 0.15) is 11.3 Å². The summed E-state index contributed by atoms with van der Waals surface area (Å²) in [6.07, 6.45) is 0.976. The van der Waals surface area contributed by atoms with E-state index in [2.05, 4.69) is 4.98 Å². The number of H-pyrrole nitrogens is 1. The average Bonchev–Trinajstić information content (AvgIpc) is 2.56. The number of aromatic nitrogens is 1. The molecule has 14 heavy (non-hydrogen) atoms. The predicted octanol–water partition coefficient (Wildman–Crippen LogP) is 1.82. The highest BCUT2D eigenvalue weighted by molar-refractivity contribution is 5.87. The van der Waals surface area contributed by atoms with Crippen LogP contribution in [0.5, 0.6) is 0 Å². The maximum absolute atomic E-state index is 5.76. The number of benzene rings is 1. The highest BCUT2D eigenvalue weighted by Gasteiger charge is 2.15. The van der Waals surface area contributed by atoms with Crippen molar-refractivity contribution < 1.29 is 4.74 Å². The molecule has 3 N–H and O–H groups in total. The zero-order chi connectivity index (χ0) is 9.54. The SMILES string of the molecule is Nc1ccc2[nH]c3c(c2c1)COCC3. The van der Waals surface area contributed by atoms with E-state index in [0.29, 0.717) is 6.61 Å². The largest absolute Gasteiger partial charge is 0.399 e. The quantitative estimate of drug-likeness (QED) is 0.619. The first-order chi connectivity index (χ1) is 6.84. The lowest BCUT2D eigenvalue weighted by Crippen LogP contribution is -2.08. The number of aromatic amines is 1. The highest BCUT2D eigenvalue weighted by atomic mass is 16.5. The van der Waals surface area contributed by atoms with Crippen molar-refractivity contribution in [1.82, 2.24) is 4.98 Å². The third kappa shape index (κ3) is 1.02. The maximum atomic E-state index is 5.76. The Kier molecular flexibility index (Phi) is 1.55. The number of hydrogen-bond acceptors (Lipinski definition) is 2. The van der Waals surface area contributed by atoms with Crippen LogP contribution in [0.2, 0.25) is 0 Å². The molecule has 0 bridgehead atoms. The summed E-state index contributed by atoms with van der Waals surface area (Å²) in [4.78, 5) is 3.41. The molecule has 1 aliphatic rings. The molecule has 0 atom stereocenters. The molecule has 0 saturated carbocycles. The van der Waals surface area contributed by atoms with E-state index in [1.54, 1.807) is 0 Å². The summed E-state index contributed by atoms with van der Waals surface area (Å²) in [5, 5.41) is 1.21. The molecule has 0 amide bonds. The van der Waals surface area contributed by atoms with Crippen molar-refractivity contribution in [3.8, 4) is 0 Å². The van der Waals surface area contributed by atoms with Gasteiger partial charge in [0, 0.05) is 34.3 Å². The smallest absolute Gasteiger partial charge is 0.0740 e. The van der Waals surface area contributed by atoms with E-state index in [1.165, 1.54) is 16.6 Å². The van der Waals surface area contributed by atoms with E-state index in [1.807, 2.05) is 18.2 Å². The second-order valence-electron chi connectivity index (χ2n) is 3.69. The van der Waals surface area contributed by atoms with Crippen LogP contribution in [-0.2, 0) is 17.8 Å². The molecule has 2 aromatic rings. The van der Waals surface area contributed by atoms with Crippen LogP contribution in [0.3, 0.4) is 0 Å². The predicted molar refractivity (Wildman–Crippen MR) is 56.1 cm³/mol. The van der Waals surface area contributed by atoms with Crippen LogP contribution in [-0.4, -0.2) is 11.6 Å². The number of hydrogen-bond donors (Lipinski definition) is 2. The van der Waals surface area contributed by atoms with E-state index in [-0.39, 0.29) is 0 Å². The van der Waals surface area contributed by atoms with Crippen molar-refractivity contribution >= 4 is 16.6 Å². The van der Waals surface area contributed by atoms with Gasteiger partial charge in [0.1, 0.15) is 0 Å². The van der Waals surface area contributed by atoms with E-state index in [9.17, 15) is 0 Å². The molecule has 1 aromatic carbocycles. The molecule has 1 aromatic heterocycles. The standard InChI is InChI=1S/C11H12N2O/c12-7-1-2-10-8(5-7)9-6-14-4-3-11(9)13-10/h1-2,5,13H,3-4,6,12H2. The van der Waals surface area contributed by atoms with Crippen LogP contribution < -0.4 is 5.73 Å². The number of nitrogen functional groups attached to an aromatic ring is 1. The molecule has 0 aliphatic carbocycles. The van der Waals surface area contributed by atoms with Crippen molar-refractivity contribution in [3.05, 3.63) is 29.5 Å². The Morgan fingerprint density at radius 3 is 3.21 bits per heavy atom. The lowest BCUT2D eigenvalue weighted by Gasteiger charge is -2.11. The maximum Gasteiger partial charge on any atom is 0.0740 e. The van der Waals surface area contributed by atoms with E-state index < -0.39 is 0 Å². The van der Waals surface area contributed by atoms with Crippen LogP contribution in [0.4, 0.5) is 5.69 Å². The number of nitrogens with one attached hydrogen (secondary N) is 1. The van der Waals surface area contributed by atoms with Gasteiger partial charge >= 0.3 is 0 Å². The fraction of sp³-hybridized carbons (Fsp3) is 0.273. The number of rotatable bonds is 0. The number of anilines is 1. The van der Waals surface area contributed by atoms with Crippen LogP contribution in [0, 0.1) is 0 Å². The average molecular weight is 188 g/mol. The van der Waals surface area contributed by atoms with Gasteiger partial charge in [0.2, 0.25) is 0 Å². The van der Waals surface area contributed by atoms with Gasteiger partial charge < -0.3 is 15.5 Å². The zero-order valence-electron chi connectivity index (χ0n) is 7.84. The first-order valence-electron chi connectivity index (χ1n) is 4.81. The van der Waals surface area contributed by atoms with Gasteiger partial charge in [-0.3, -0.25) is 0 Å². The molecule has 1 aliphatic heterocycles. The van der Waals surface area contributed by atoms with Gasteiger partial charge in [-0.25, -0.2) is 0 Å². The van der Waals surface area contributed by atoms with E-state index in [0.717, 1.165) is 24.2 Å². The first-order valence-corrected chi connectivity index (χ1v) is 4.81. The van der Waals surface area contributed by atoms with Crippen LogP contribution in [0.15, 0.2) is 18.2 Å². The fourth-order valence-corrected chi connectivity index (χ4v) is 2.05. The second kappa shape index (κ2) is 2.75. The number of nitrogens with two attached hydrogens (primary N) is 1. The molecular weight excluding hydrogens is 176 g/mol. The Bertz CT molecular complexity index is 487. The fourth-order valence-electron chi connectivity index (χ4n) is 2.05. The molecule has 0 unspecified atom stereocenters. The number of fused-ring (bicyclic) bond motifs is 3. The minimum Gasteiger partial charge on any atom is -0.399 e. The van der Waals surface area contributed by atoms with Crippen LogP contribution >= 0.6 is 0 Å². The van der Waals surface area contributed by atoms with Gasteiger partial charge in [-0.1, -0.05) is 0 Å². The summed E-state index contributed by atoms with van der Waals surface area (Å²) in [6.45, 7) is 1.52. The second-order valence-corrected chi connectivity index (χ2v) is 3.69. The van der Waals surface area contributed by atoms with Gasteiger partial charge in [0.05, 0.1) is 13.2 Å². The minimum atomic E-state index is 0.707. The van der Waals surface area contributed by atoms with Crippen molar-refractivity contribution in [2.24, 2.45) is 0 Å². The summed E-state index contributed by atoms with van der Waals surface area (Å²) in [7, 11) is 0. The molecule has 0 radical (unpaired) electrons. The minimum absolute atomic E-state index is 0.707. The lowest BCUT2D eigenvalue weighted by atomic mass is 10.1. The molecule has 72 valence electrons. The Morgan fingerprint density at radius 2 is 2.29 bits per heavy atom. The number of ether oxygens (including phenoxy) is 1. The molecule has 0 fully saturated rings. The van der Waals surface area contributed by atoms with Gasteiger partial charge in [0.25, 0.3) is 0 Å². The van der Waals surface area contributed by atoms with E-state index >= 15 is 0 Å². The van der Waals surface area contributed by atoms with Gasteiger partial charge in [-0.2, -0.15) is 0 Å². The summed E-state index contributed by atoms with van der Waals surface area (Å²) < 4.78 is 5.44. The van der Waals surface area contributed by atoms with Gasteiger partial charge in [-0.15, -0.1) is 0 Å². The first kappa shape index (κ1) is 7.88. The Morgan fingerprint density at radius 1 is 1.36 bits per heavy atom. The monoisotopic (exact) mass is 188 g/mol. The summed E-state index contributed by atoms with van der Waals surface area (Å²) >= 11 is 0. The van der Waals surface area contributed by atoms with Crippen molar-refractivity contribution in [3.63, 3.8) is 0 Å². The summed E-state index contributed by atoms with van der Waals surface area (Å²) in [6, 6.07) is 5.97. The Balaban J connectivity index is 2.32. The van der Waals surface area contributed by atoms with Gasteiger partial charge in [0.15, 0.2) is 0 Å². The normalized spacial score (nSPS) is 15.7. The molecule has 3 rings (SSSR count). The van der Waals surface area contributed by atoms with Crippen molar-refractivity contribution in [1.29, 1.82) is 0 Å². The topological polar surface area (TPSA) is 51.0 Å². The Hall–Kier alpha value is -1.48. The Labute approximate surface area is 81.9 Å². The van der Waals surface area contributed by atoms with Crippen molar-refractivity contribution in [2.75, 3.05) is 12.3 Å². The van der Waals surface area contributed by atoms with Crippen molar-refractivity contribution in [2.45, 2.75) is 13.0 Å². The third-order valence-electron chi connectivity index (χ3n) is 2.76. The molecule has 3 heteroatoms. The van der Waals surface area contributed by atoms with E-state index in [4.69, 9.17) is 10.5 Å². The molecule has 2 heterocycles. The van der Waals surface area contributed by atoms with Crippen LogP contribution in [0.25, 0.3) is 10.9 Å². The highest BCUT2D eigenvalue weighted by Crippen LogP contribution is 2.27. The van der Waals surface area contributed by atoms with Gasteiger partial charge in [-0.05, 0) is 18.2 Å². The molecular formula is C11H12N2O. The summed E-state index contributed by atoms with van der Waals surface area (Å²) in [5.41, 5.74) is 10.3. The lowest BCUT2D eigenvalue weighted by molar-refractivity contribution is 0.111. The third-order valence-corrected chi connectivity index (χ3v) is 2.76. The molecule has 0 saturated heterocycles. The zero-order valence-corrected chi connectivity index (χ0v) is 7.84.